The second-order valence-corrected chi connectivity index (χ2v) is 4.89. The third kappa shape index (κ3) is 3.99. The van der Waals surface area contributed by atoms with Gasteiger partial charge in [0.15, 0.2) is 0 Å². The fourth-order valence-electron chi connectivity index (χ4n) is 1.59. The molecular formula is C15H14BrNO3. The molecule has 20 heavy (non-hydrogen) atoms. The van der Waals surface area contributed by atoms with Crippen LogP contribution >= 0.6 is 15.9 Å². The maximum Gasteiger partial charge on any atom is 0.411 e. The van der Waals surface area contributed by atoms with E-state index in [1.54, 1.807) is 25.3 Å². The van der Waals surface area contributed by atoms with E-state index in [1.165, 1.54) is 0 Å². The van der Waals surface area contributed by atoms with E-state index in [0.29, 0.717) is 11.4 Å². The molecule has 0 fully saturated rings. The van der Waals surface area contributed by atoms with Crippen LogP contribution in [0.3, 0.4) is 0 Å². The Hall–Kier alpha value is -2.01. The molecule has 2 rings (SSSR count). The van der Waals surface area contributed by atoms with Gasteiger partial charge in [0, 0.05) is 4.47 Å². The molecule has 1 amide bonds. The molecular weight excluding hydrogens is 322 g/mol. The maximum atomic E-state index is 11.7. The van der Waals surface area contributed by atoms with Crippen molar-refractivity contribution in [1.82, 2.24) is 0 Å². The van der Waals surface area contributed by atoms with Gasteiger partial charge in [-0.3, -0.25) is 5.32 Å². The number of anilines is 1. The van der Waals surface area contributed by atoms with Gasteiger partial charge in [0.2, 0.25) is 0 Å². The summed E-state index contributed by atoms with van der Waals surface area (Å²) in [6.45, 7) is 0.237. The van der Waals surface area contributed by atoms with Gasteiger partial charge in [-0.2, -0.15) is 0 Å². The molecule has 0 aliphatic carbocycles. The number of ether oxygens (including phenoxy) is 2. The van der Waals surface area contributed by atoms with Crippen LogP contribution in [0.4, 0.5) is 10.5 Å². The molecule has 104 valence electrons. The van der Waals surface area contributed by atoms with Gasteiger partial charge in [0.05, 0.1) is 12.8 Å². The largest absolute Gasteiger partial charge is 0.497 e. The number of halogens is 1. The average molecular weight is 336 g/mol. The molecule has 0 bridgehead atoms. The van der Waals surface area contributed by atoms with Crippen LogP contribution in [0.15, 0.2) is 53.0 Å². The van der Waals surface area contributed by atoms with Gasteiger partial charge in [-0.05, 0) is 39.7 Å². The summed E-state index contributed by atoms with van der Waals surface area (Å²) >= 11 is 3.36. The van der Waals surface area contributed by atoms with E-state index in [1.807, 2.05) is 30.3 Å². The first kappa shape index (κ1) is 14.4. The molecule has 2 aromatic carbocycles. The van der Waals surface area contributed by atoms with Gasteiger partial charge in [-0.25, -0.2) is 4.79 Å². The highest BCUT2D eigenvalue weighted by Crippen LogP contribution is 2.27. The minimum absolute atomic E-state index is 0.237. The van der Waals surface area contributed by atoms with E-state index in [9.17, 15) is 4.79 Å². The molecule has 0 atom stereocenters. The lowest BCUT2D eigenvalue weighted by molar-refractivity contribution is 0.155. The predicted octanol–water partition coefficient (Wildman–Crippen LogP) is 4.21. The molecule has 0 aliphatic rings. The molecule has 0 saturated carbocycles. The molecule has 0 radical (unpaired) electrons. The molecule has 5 heteroatoms. The second kappa shape index (κ2) is 6.96. The van der Waals surface area contributed by atoms with E-state index in [4.69, 9.17) is 9.47 Å². The first-order valence-electron chi connectivity index (χ1n) is 6.00. The Balaban J connectivity index is 1.91. The number of benzene rings is 2. The predicted molar refractivity (Wildman–Crippen MR) is 80.9 cm³/mol. The molecule has 0 saturated heterocycles. The SMILES string of the molecule is COc1ccc(NC(=O)OCc2ccccc2)c(Br)c1. The lowest BCUT2D eigenvalue weighted by Crippen LogP contribution is -2.13. The normalized spacial score (nSPS) is 9.90. The Morgan fingerprint density at radius 1 is 1.20 bits per heavy atom. The summed E-state index contributed by atoms with van der Waals surface area (Å²) in [5, 5.41) is 2.67. The van der Waals surface area contributed by atoms with Gasteiger partial charge in [0.1, 0.15) is 12.4 Å². The molecule has 0 aromatic heterocycles. The number of carbonyl (C=O) groups excluding carboxylic acids is 1. The Kier molecular flexibility index (Phi) is 5.01. The van der Waals surface area contributed by atoms with Gasteiger partial charge in [-0.15, -0.1) is 0 Å². The van der Waals surface area contributed by atoms with E-state index in [-0.39, 0.29) is 6.61 Å². The van der Waals surface area contributed by atoms with Crippen LogP contribution < -0.4 is 10.1 Å². The number of hydrogen-bond donors (Lipinski definition) is 1. The first-order valence-corrected chi connectivity index (χ1v) is 6.79. The molecule has 0 unspecified atom stereocenters. The summed E-state index contributed by atoms with van der Waals surface area (Å²) in [5.41, 5.74) is 1.57. The van der Waals surface area contributed by atoms with Crippen molar-refractivity contribution in [2.45, 2.75) is 6.61 Å². The van der Waals surface area contributed by atoms with Crippen molar-refractivity contribution in [2.24, 2.45) is 0 Å². The fourth-order valence-corrected chi connectivity index (χ4v) is 2.05. The van der Waals surface area contributed by atoms with E-state index in [0.717, 1.165) is 10.0 Å². The third-order valence-corrected chi connectivity index (χ3v) is 3.28. The first-order chi connectivity index (χ1) is 9.69. The number of carbonyl (C=O) groups is 1. The summed E-state index contributed by atoms with van der Waals surface area (Å²) in [4.78, 5) is 11.7. The highest BCUT2D eigenvalue weighted by Gasteiger charge is 2.07. The molecule has 0 spiro atoms. The molecule has 1 N–H and O–H groups in total. The Bertz CT molecular complexity index is 587. The third-order valence-electron chi connectivity index (χ3n) is 2.63. The second-order valence-electron chi connectivity index (χ2n) is 4.03. The van der Waals surface area contributed by atoms with Crippen LogP contribution in [0.1, 0.15) is 5.56 Å². The molecule has 0 heterocycles. The zero-order valence-electron chi connectivity index (χ0n) is 10.9. The lowest BCUT2D eigenvalue weighted by atomic mass is 10.2. The van der Waals surface area contributed by atoms with Crippen molar-refractivity contribution < 1.29 is 14.3 Å². The van der Waals surface area contributed by atoms with Crippen LogP contribution in [-0.4, -0.2) is 13.2 Å². The van der Waals surface area contributed by atoms with Crippen molar-refractivity contribution in [3.8, 4) is 5.75 Å². The molecule has 2 aromatic rings. The highest BCUT2D eigenvalue weighted by molar-refractivity contribution is 9.10. The summed E-state index contributed by atoms with van der Waals surface area (Å²) in [7, 11) is 1.59. The van der Waals surface area contributed by atoms with Crippen molar-refractivity contribution in [3.63, 3.8) is 0 Å². The minimum atomic E-state index is -0.500. The zero-order valence-corrected chi connectivity index (χ0v) is 12.5. The van der Waals surface area contributed by atoms with Crippen LogP contribution in [0.25, 0.3) is 0 Å². The van der Waals surface area contributed by atoms with E-state index < -0.39 is 6.09 Å². The summed E-state index contributed by atoms with van der Waals surface area (Å²) in [6.07, 6.45) is -0.500. The standard InChI is InChI=1S/C15H14BrNO3/c1-19-12-7-8-14(13(16)9-12)17-15(18)20-10-11-5-3-2-4-6-11/h2-9H,10H2,1H3,(H,17,18). The summed E-state index contributed by atoms with van der Waals surface area (Å²) in [6, 6.07) is 14.8. The summed E-state index contributed by atoms with van der Waals surface area (Å²) < 4.78 is 11.0. The molecule has 4 nitrogen and oxygen atoms in total. The quantitative estimate of drug-likeness (QED) is 0.910. The van der Waals surface area contributed by atoms with Crippen LogP contribution in [-0.2, 0) is 11.3 Å². The van der Waals surface area contributed by atoms with Crippen molar-refractivity contribution in [3.05, 3.63) is 58.6 Å². The maximum absolute atomic E-state index is 11.7. The van der Waals surface area contributed by atoms with Crippen molar-refractivity contribution in [1.29, 1.82) is 0 Å². The lowest BCUT2D eigenvalue weighted by Gasteiger charge is -2.09. The van der Waals surface area contributed by atoms with Crippen LogP contribution in [0.5, 0.6) is 5.75 Å². The number of nitrogens with one attached hydrogen (secondary N) is 1. The number of rotatable bonds is 4. The fraction of sp³-hybridized carbons (Fsp3) is 0.133. The summed E-state index contributed by atoms with van der Waals surface area (Å²) in [5.74, 6) is 0.708. The number of hydrogen-bond acceptors (Lipinski definition) is 3. The van der Waals surface area contributed by atoms with Gasteiger partial charge < -0.3 is 9.47 Å². The minimum Gasteiger partial charge on any atom is -0.497 e. The number of methoxy groups -OCH3 is 1. The zero-order chi connectivity index (χ0) is 14.4. The monoisotopic (exact) mass is 335 g/mol. The molecule has 0 aliphatic heterocycles. The van der Waals surface area contributed by atoms with Crippen LogP contribution in [0, 0.1) is 0 Å². The van der Waals surface area contributed by atoms with Crippen molar-refractivity contribution in [2.75, 3.05) is 12.4 Å². The van der Waals surface area contributed by atoms with Gasteiger partial charge in [0.25, 0.3) is 0 Å². The van der Waals surface area contributed by atoms with Gasteiger partial charge in [-0.1, -0.05) is 30.3 Å². The number of amides is 1. The van der Waals surface area contributed by atoms with E-state index in [2.05, 4.69) is 21.2 Å². The Labute approximate surface area is 125 Å². The topological polar surface area (TPSA) is 47.6 Å². The smallest absolute Gasteiger partial charge is 0.411 e. The Morgan fingerprint density at radius 2 is 1.95 bits per heavy atom. The highest BCUT2D eigenvalue weighted by atomic mass is 79.9. The average Bonchev–Trinajstić information content (AvgIpc) is 2.48. The van der Waals surface area contributed by atoms with Gasteiger partial charge >= 0.3 is 6.09 Å². The Morgan fingerprint density at radius 3 is 2.60 bits per heavy atom. The van der Waals surface area contributed by atoms with Crippen LogP contribution in [0.2, 0.25) is 0 Å². The van der Waals surface area contributed by atoms with E-state index >= 15 is 0 Å². The van der Waals surface area contributed by atoms with Crippen molar-refractivity contribution >= 4 is 27.7 Å².